The summed E-state index contributed by atoms with van der Waals surface area (Å²) in [6.45, 7) is 0. The first kappa shape index (κ1) is 12.9. The van der Waals surface area contributed by atoms with Crippen molar-refractivity contribution in [2.75, 3.05) is 0 Å². The van der Waals surface area contributed by atoms with Gasteiger partial charge in [0.1, 0.15) is 0 Å². The summed E-state index contributed by atoms with van der Waals surface area (Å²) in [4.78, 5) is 23.0. The monoisotopic (exact) mass is 376 g/mol. The second-order valence-corrected chi connectivity index (χ2v) is 4.68. The Bertz CT molecular complexity index is 538. The fourth-order valence-corrected chi connectivity index (χ4v) is 1.72. The molecule has 0 saturated heterocycles. The summed E-state index contributed by atoms with van der Waals surface area (Å²) in [5, 5.41) is 0. The van der Waals surface area contributed by atoms with Crippen LogP contribution in [0.4, 0.5) is 0 Å². The summed E-state index contributed by atoms with van der Waals surface area (Å²) in [5.41, 5.74) is 4.38. The zero-order chi connectivity index (χ0) is 13.1. The Morgan fingerprint density at radius 3 is 1.50 bits per heavy atom. The lowest BCUT2D eigenvalue weighted by Crippen LogP contribution is -2.41. The average Bonchev–Trinajstić information content (AvgIpc) is 2.94. The molecule has 0 bridgehead atoms. The van der Waals surface area contributed by atoms with Crippen molar-refractivity contribution in [3.05, 3.63) is 45.1 Å². The van der Waals surface area contributed by atoms with Crippen LogP contribution in [0.3, 0.4) is 0 Å². The van der Waals surface area contributed by atoms with Gasteiger partial charge in [0.25, 0.3) is 0 Å². The SMILES string of the molecule is O=C(NNC(=O)c1ccc(Br)o1)c1ccc(Br)o1. The molecule has 0 unspecified atom stereocenters. The summed E-state index contributed by atoms with van der Waals surface area (Å²) in [5.74, 6) is -0.995. The van der Waals surface area contributed by atoms with Crippen LogP contribution in [0.5, 0.6) is 0 Å². The van der Waals surface area contributed by atoms with Crippen molar-refractivity contribution in [1.29, 1.82) is 0 Å². The van der Waals surface area contributed by atoms with E-state index in [4.69, 9.17) is 8.83 Å². The molecule has 0 aromatic carbocycles. The number of nitrogens with one attached hydrogen (secondary N) is 2. The van der Waals surface area contributed by atoms with E-state index in [0.717, 1.165) is 0 Å². The van der Waals surface area contributed by atoms with E-state index in [-0.39, 0.29) is 11.5 Å². The highest BCUT2D eigenvalue weighted by atomic mass is 79.9. The predicted octanol–water partition coefficient (Wildman–Crippen LogP) is 2.47. The van der Waals surface area contributed by atoms with Crippen LogP contribution in [-0.4, -0.2) is 11.8 Å². The van der Waals surface area contributed by atoms with Crippen LogP contribution >= 0.6 is 31.9 Å². The van der Waals surface area contributed by atoms with E-state index in [1.54, 1.807) is 12.1 Å². The molecule has 0 fully saturated rings. The Kier molecular flexibility index (Phi) is 3.87. The quantitative estimate of drug-likeness (QED) is 0.787. The number of hydrazine groups is 1. The molecule has 0 aliphatic rings. The summed E-state index contributed by atoms with van der Waals surface area (Å²) in [7, 11) is 0. The van der Waals surface area contributed by atoms with Gasteiger partial charge in [0.05, 0.1) is 0 Å². The van der Waals surface area contributed by atoms with Crippen LogP contribution in [0.2, 0.25) is 0 Å². The van der Waals surface area contributed by atoms with Crippen molar-refractivity contribution in [2.24, 2.45) is 0 Å². The summed E-state index contributed by atoms with van der Waals surface area (Å²) in [6.07, 6.45) is 0. The summed E-state index contributed by atoms with van der Waals surface area (Å²) >= 11 is 6.13. The maximum Gasteiger partial charge on any atom is 0.305 e. The third-order valence-corrected chi connectivity index (χ3v) is 2.74. The zero-order valence-corrected chi connectivity index (χ0v) is 11.9. The topological polar surface area (TPSA) is 84.5 Å². The molecule has 8 heteroatoms. The van der Waals surface area contributed by atoms with Gasteiger partial charge >= 0.3 is 11.8 Å². The van der Waals surface area contributed by atoms with Gasteiger partial charge in [-0.1, -0.05) is 0 Å². The second kappa shape index (κ2) is 5.40. The van der Waals surface area contributed by atoms with Gasteiger partial charge < -0.3 is 8.83 Å². The van der Waals surface area contributed by atoms with Crippen molar-refractivity contribution in [2.45, 2.75) is 0 Å². The largest absolute Gasteiger partial charge is 0.444 e. The number of hydrogen-bond acceptors (Lipinski definition) is 4. The number of carbonyl (C=O) groups excluding carboxylic acids is 2. The first-order chi connectivity index (χ1) is 8.56. The molecule has 6 nitrogen and oxygen atoms in total. The maximum atomic E-state index is 11.5. The average molecular weight is 378 g/mol. The molecule has 0 aliphatic heterocycles. The van der Waals surface area contributed by atoms with E-state index < -0.39 is 11.8 Å². The standard InChI is InChI=1S/C10H6Br2N2O4/c11-7-3-1-5(17-7)9(15)13-14-10(16)6-2-4-8(12)18-6/h1-4H,(H,13,15)(H,14,16). The lowest BCUT2D eigenvalue weighted by molar-refractivity contribution is 0.0815. The van der Waals surface area contributed by atoms with Crippen LogP contribution in [0.15, 0.2) is 42.4 Å². The maximum absolute atomic E-state index is 11.5. The molecule has 0 spiro atoms. The highest BCUT2D eigenvalue weighted by Gasteiger charge is 2.14. The fourth-order valence-electron chi connectivity index (χ4n) is 1.11. The molecule has 2 aromatic heterocycles. The zero-order valence-electron chi connectivity index (χ0n) is 8.70. The van der Waals surface area contributed by atoms with Gasteiger partial charge in [-0.2, -0.15) is 0 Å². The molecule has 0 saturated carbocycles. The molecule has 94 valence electrons. The Balaban J connectivity index is 1.92. The normalized spacial score (nSPS) is 10.1. The van der Waals surface area contributed by atoms with E-state index in [2.05, 4.69) is 42.7 Å². The van der Waals surface area contributed by atoms with Gasteiger partial charge in [-0.25, -0.2) is 0 Å². The number of halogens is 2. The highest BCUT2D eigenvalue weighted by Crippen LogP contribution is 2.14. The lowest BCUT2D eigenvalue weighted by atomic mass is 10.4. The smallest absolute Gasteiger partial charge is 0.305 e. The van der Waals surface area contributed by atoms with Gasteiger partial charge in [-0.05, 0) is 56.1 Å². The van der Waals surface area contributed by atoms with Crippen LogP contribution in [0.1, 0.15) is 21.1 Å². The number of hydrogen-bond donors (Lipinski definition) is 2. The fraction of sp³-hybridized carbons (Fsp3) is 0. The Hall–Kier alpha value is -1.54. The molecular formula is C10H6Br2N2O4. The molecule has 2 rings (SSSR count). The minimum absolute atomic E-state index is 0.0720. The molecule has 2 amide bonds. The molecule has 2 N–H and O–H groups in total. The minimum Gasteiger partial charge on any atom is -0.444 e. The molecule has 2 heterocycles. The molecular weight excluding hydrogens is 372 g/mol. The van der Waals surface area contributed by atoms with Crippen molar-refractivity contribution in [3.8, 4) is 0 Å². The number of amides is 2. The van der Waals surface area contributed by atoms with Gasteiger partial charge in [-0.3, -0.25) is 20.4 Å². The van der Waals surface area contributed by atoms with Gasteiger partial charge in [-0.15, -0.1) is 0 Å². The van der Waals surface area contributed by atoms with E-state index in [9.17, 15) is 9.59 Å². The second-order valence-electron chi connectivity index (χ2n) is 3.12. The van der Waals surface area contributed by atoms with Crippen LogP contribution in [0.25, 0.3) is 0 Å². The molecule has 0 aliphatic carbocycles. The van der Waals surface area contributed by atoms with Gasteiger partial charge in [0.2, 0.25) is 0 Å². The molecule has 18 heavy (non-hydrogen) atoms. The van der Waals surface area contributed by atoms with E-state index in [0.29, 0.717) is 9.34 Å². The highest BCUT2D eigenvalue weighted by molar-refractivity contribution is 9.10. The molecule has 0 atom stereocenters. The third kappa shape index (κ3) is 3.02. The van der Waals surface area contributed by atoms with Crippen molar-refractivity contribution >= 4 is 43.7 Å². The van der Waals surface area contributed by atoms with Crippen LogP contribution < -0.4 is 10.9 Å². The van der Waals surface area contributed by atoms with E-state index in [1.165, 1.54) is 12.1 Å². The van der Waals surface area contributed by atoms with Crippen molar-refractivity contribution in [3.63, 3.8) is 0 Å². The first-order valence-corrected chi connectivity index (χ1v) is 6.26. The predicted molar refractivity (Wildman–Crippen MR) is 67.7 cm³/mol. The van der Waals surface area contributed by atoms with Crippen LogP contribution in [-0.2, 0) is 0 Å². The van der Waals surface area contributed by atoms with E-state index >= 15 is 0 Å². The minimum atomic E-state index is -0.570. The first-order valence-electron chi connectivity index (χ1n) is 4.67. The lowest BCUT2D eigenvalue weighted by Gasteiger charge is -2.03. The number of carbonyl (C=O) groups is 2. The van der Waals surface area contributed by atoms with Gasteiger partial charge in [0.15, 0.2) is 20.9 Å². The molecule has 2 aromatic rings. The molecule has 0 radical (unpaired) electrons. The third-order valence-electron chi connectivity index (χ3n) is 1.88. The number of rotatable bonds is 2. The van der Waals surface area contributed by atoms with Crippen molar-refractivity contribution < 1.29 is 18.4 Å². The summed E-state index contributed by atoms with van der Waals surface area (Å²) in [6, 6.07) is 6.07. The summed E-state index contributed by atoms with van der Waals surface area (Å²) < 4.78 is 10.9. The Morgan fingerprint density at radius 2 is 1.22 bits per heavy atom. The van der Waals surface area contributed by atoms with Gasteiger partial charge in [0, 0.05) is 0 Å². The van der Waals surface area contributed by atoms with Crippen molar-refractivity contribution in [1.82, 2.24) is 10.9 Å². The Labute approximate surface area is 118 Å². The number of furan rings is 2. The van der Waals surface area contributed by atoms with Crippen LogP contribution in [0, 0.1) is 0 Å². The van der Waals surface area contributed by atoms with E-state index in [1.807, 2.05) is 0 Å². The Morgan fingerprint density at radius 1 is 0.833 bits per heavy atom.